The lowest BCUT2D eigenvalue weighted by Crippen LogP contribution is -2.51. The number of hydrogen-bond acceptors (Lipinski definition) is 4. The summed E-state index contributed by atoms with van der Waals surface area (Å²) in [5.74, 6) is -0.883. The normalized spacial score (nSPS) is 16.7. The van der Waals surface area contributed by atoms with Gasteiger partial charge in [0, 0.05) is 38.3 Å². The Kier molecular flexibility index (Phi) is 7.80. The minimum absolute atomic E-state index is 0.210. The first kappa shape index (κ1) is 25.3. The number of para-hydroxylation sites is 2. The minimum Gasteiger partial charge on any atom is -0.481 e. The Labute approximate surface area is 221 Å². The first-order valence-corrected chi connectivity index (χ1v) is 13.6. The molecule has 1 aliphatic heterocycles. The molecule has 5 rings (SSSR count). The number of aliphatic carboxylic acids is 1. The molecular weight excluding hydrogens is 458 g/mol. The molecule has 37 heavy (non-hydrogen) atoms. The van der Waals surface area contributed by atoms with Crippen molar-refractivity contribution in [3.63, 3.8) is 0 Å². The molecule has 0 aromatic heterocycles. The van der Waals surface area contributed by atoms with Gasteiger partial charge in [0.2, 0.25) is 0 Å². The minimum atomic E-state index is -0.673. The highest BCUT2D eigenvalue weighted by Gasteiger charge is 2.33. The number of likely N-dealkylation sites (tertiary alicyclic amines) is 1. The molecule has 1 saturated carbocycles. The van der Waals surface area contributed by atoms with E-state index in [1.165, 1.54) is 46.5 Å². The summed E-state index contributed by atoms with van der Waals surface area (Å²) < 4.78 is 0. The zero-order valence-corrected chi connectivity index (χ0v) is 22.1. The van der Waals surface area contributed by atoms with Crippen molar-refractivity contribution in [3.05, 3.63) is 95.1 Å². The smallest absolute Gasteiger partial charge is 0.309 e. The number of carboxylic acid groups (broad SMARTS) is 1. The fourth-order valence-corrected chi connectivity index (χ4v) is 5.23. The molecule has 1 atom stereocenters. The zero-order valence-electron chi connectivity index (χ0n) is 22.1. The lowest BCUT2D eigenvalue weighted by atomic mass is 9.97. The number of hydrogen-bond donors (Lipinski definition) is 2. The van der Waals surface area contributed by atoms with Crippen LogP contribution in [0.15, 0.2) is 72.8 Å². The summed E-state index contributed by atoms with van der Waals surface area (Å²) in [4.78, 5) is 16.1. The first-order chi connectivity index (χ1) is 17.9. The quantitative estimate of drug-likeness (QED) is 0.326. The van der Waals surface area contributed by atoms with Crippen LogP contribution in [0.25, 0.3) is 0 Å². The van der Waals surface area contributed by atoms with Crippen LogP contribution in [0, 0.1) is 19.8 Å². The van der Waals surface area contributed by atoms with Gasteiger partial charge in [-0.2, -0.15) is 0 Å². The average molecular weight is 498 g/mol. The lowest BCUT2D eigenvalue weighted by molar-refractivity contribution is -0.147. The van der Waals surface area contributed by atoms with Gasteiger partial charge < -0.3 is 20.2 Å². The van der Waals surface area contributed by atoms with Crippen molar-refractivity contribution in [2.75, 3.05) is 29.9 Å². The Bertz CT molecular complexity index is 1180. The van der Waals surface area contributed by atoms with Crippen molar-refractivity contribution in [3.8, 4) is 0 Å². The largest absolute Gasteiger partial charge is 0.481 e. The molecule has 2 N–H and O–H groups in total. The highest BCUT2D eigenvalue weighted by Crippen LogP contribution is 2.37. The van der Waals surface area contributed by atoms with Crippen molar-refractivity contribution in [2.24, 2.45) is 5.92 Å². The maximum Gasteiger partial charge on any atom is 0.309 e. The number of benzene rings is 3. The molecule has 3 aromatic carbocycles. The van der Waals surface area contributed by atoms with Crippen LogP contribution in [0.5, 0.6) is 0 Å². The summed E-state index contributed by atoms with van der Waals surface area (Å²) in [6.45, 7) is 7.41. The Morgan fingerprint density at radius 2 is 1.57 bits per heavy atom. The van der Waals surface area contributed by atoms with Gasteiger partial charge >= 0.3 is 5.97 Å². The zero-order chi connectivity index (χ0) is 25.8. The molecule has 3 aromatic rings. The van der Waals surface area contributed by atoms with Crippen LogP contribution in [0.2, 0.25) is 0 Å². The molecule has 2 fully saturated rings. The fourth-order valence-electron chi connectivity index (χ4n) is 5.23. The lowest BCUT2D eigenvalue weighted by Gasteiger charge is -2.37. The molecule has 0 amide bonds. The van der Waals surface area contributed by atoms with E-state index < -0.39 is 5.97 Å². The number of aryl methyl sites for hydroxylation is 2. The molecule has 0 bridgehead atoms. The summed E-state index contributed by atoms with van der Waals surface area (Å²) >= 11 is 0. The average Bonchev–Trinajstić information content (AvgIpc) is 3.70. The van der Waals surface area contributed by atoms with Gasteiger partial charge in [-0.15, -0.1) is 0 Å². The highest BCUT2D eigenvalue weighted by atomic mass is 16.4. The van der Waals surface area contributed by atoms with Crippen molar-refractivity contribution < 1.29 is 9.90 Å². The predicted molar refractivity (Wildman–Crippen MR) is 151 cm³/mol. The Balaban J connectivity index is 1.33. The van der Waals surface area contributed by atoms with E-state index in [9.17, 15) is 9.90 Å². The topological polar surface area (TPSA) is 55.8 Å². The maximum atomic E-state index is 11.2. The standard InChI is InChI=1S/C32H39N3O2/c1-23-7-11-25(12-8-23)19-28(17-18-34-21-27(22-34)32(36)37)33-30-5-3-4-6-31(30)35(29-15-16-29)20-26-13-9-24(2)10-14-26/h3-14,27-29,33H,15-22H2,1-2H3,(H,36,37)/t28-/m1/s1. The van der Waals surface area contributed by atoms with Crippen LogP contribution >= 0.6 is 0 Å². The molecule has 1 saturated heterocycles. The Hall–Kier alpha value is -3.31. The number of rotatable bonds is 12. The Morgan fingerprint density at radius 3 is 2.19 bits per heavy atom. The van der Waals surface area contributed by atoms with Crippen LogP contribution < -0.4 is 10.2 Å². The monoisotopic (exact) mass is 497 g/mol. The molecule has 1 heterocycles. The van der Waals surface area contributed by atoms with Gasteiger partial charge in [-0.1, -0.05) is 71.8 Å². The van der Waals surface area contributed by atoms with Crippen molar-refractivity contribution in [2.45, 2.75) is 58.2 Å². The molecule has 5 heteroatoms. The van der Waals surface area contributed by atoms with Gasteiger partial charge in [0.05, 0.1) is 17.3 Å². The Morgan fingerprint density at radius 1 is 0.946 bits per heavy atom. The molecular formula is C32H39N3O2. The van der Waals surface area contributed by atoms with Crippen molar-refractivity contribution in [1.29, 1.82) is 0 Å². The summed E-state index contributed by atoms with van der Waals surface area (Å²) in [5, 5.41) is 13.2. The van der Waals surface area contributed by atoms with Crippen molar-refractivity contribution in [1.82, 2.24) is 4.90 Å². The van der Waals surface area contributed by atoms with Gasteiger partial charge in [0.25, 0.3) is 0 Å². The number of anilines is 2. The molecule has 0 unspecified atom stereocenters. The molecule has 194 valence electrons. The van der Waals surface area contributed by atoms with E-state index in [0.29, 0.717) is 19.1 Å². The van der Waals surface area contributed by atoms with E-state index in [4.69, 9.17) is 0 Å². The van der Waals surface area contributed by atoms with Crippen LogP contribution in [0.1, 0.15) is 41.5 Å². The molecule has 0 spiro atoms. The summed E-state index contributed by atoms with van der Waals surface area (Å²) in [5.41, 5.74) is 7.69. The second-order valence-corrected chi connectivity index (χ2v) is 11.0. The third kappa shape index (κ3) is 6.72. The SMILES string of the molecule is Cc1ccc(C[C@@H](CCN2CC(C(=O)O)C2)Nc2ccccc2N(Cc2ccc(C)cc2)C2CC2)cc1. The van der Waals surface area contributed by atoms with E-state index in [2.05, 4.69) is 102 Å². The number of nitrogens with zero attached hydrogens (tertiary/aromatic N) is 2. The van der Waals surface area contributed by atoms with Crippen LogP contribution in [0.4, 0.5) is 11.4 Å². The van der Waals surface area contributed by atoms with Gasteiger partial charge in [-0.25, -0.2) is 0 Å². The van der Waals surface area contributed by atoms with Crippen LogP contribution in [-0.4, -0.2) is 47.7 Å². The van der Waals surface area contributed by atoms with E-state index in [1.807, 2.05) is 0 Å². The van der Waals surface area contributed by atoms with Crippen LogP contribution in [0.3, 0.4) is 0 Å². The van der Waals surface area contributed by atoms with Gasteiger partial charge in [-0.3, -0.25) is 4.79 Å². The summed E-state index contributed by atoms with van der Waals surface area (Å²) in [6.07, 6.45) is 4.39. The third-order valence-corrected chi connectivity index (χ3v) is 7.74. The number of nitrogens with one attached hydrogen (secondary N) is 1. The second-order valence-electron chi connectivity index (χ2n) is 11.0. The molecule has 1 aliphatic carbocycles. The number of carbonyl (C=O) groups is 1. The number of carboxylic acids is 1. The maximum absolute atomic E-state index is 11.2. The van der Waals surface area contributed by atoms with E-state index in [-0.39, 0.29) is 12.0 Å². The first-order valence-electron chi connectivity index (χ1n) is 13.6. The highest BCUT2D eigenvalue weighted by molar-refractivity contribution is 5.72. The molecule has 2 aliphatic rings. The molecule has 0 radical (unpaired) electrons. The predicted octanol–water partition coefficient (Wildman–Crippen LogP) is 5.90. The van der Waals surface area contributed by atoms with Gasteiger partial charge in [0.15, 0.2) is 0 Å². The third-order valence-electron chi connectivity index (χ3n) is 7.74. The fraction of sp³-hybridized carbons (Fsp3) is 0.406. The van der Waals surface area contributed by atoms with Crippen molar-refractivity contribution >= 4 is 17.3 Å². The van der Waals surface area contributed by atoms with E-state index >= 15 is 0 Å². The summed E-state index contributed by atoms with van der Waals surface area (Å²) in [7, 11) is 0. The van der Waals surface area contributed by atoms with Gasteiger partial charge in [-0.05, 0) is 62.8 Å². The van der Waals surface area contributed by atoms with Gasteiger partial charge in [0.1, 0.15) is 0 Å². The van der Waals surface area contributed by atoms with E-state index in [0.717, 1.165) is 25.9 Å². The molecule has 5 nitrogen and oxygen atoms in total. The van der Waals surface area contributed by atoms with Crippen LogP contribution in [-0.2, 0) is 17.8 Å². The van der Waals surface area contributed by atoms with E-state index in [1.54, 1.807) is 0 Å². The second kappa shape index (κ2) is 11.4. The summed E-state index contributed by atoms with van der Waals surface area (Å²) in [6, 6.07) is 27.3.